The molecule has 14 heteroatoms. The number of benzene rings is 3. The number of aliphatic hydroxyl groups is 1. The van der Waals surface area contributed by atoms with Crippen LogP contribution >= 0.6 is 0 Å². The first kappa shape index (κ1) is 51.4. The van der Waals surface area contributed by atoms with Crippen LogP contribution in [0.3, 0.4) is 0 Å². The second-order valence-electron chi connectivity index (χ2n) is 19.6. The Balaban J connectivity index is 1.23. The van der Waals surface area contributed by atoms with Gasteiger partial charge in [0.05, 0.1) is 6.61 Å². The molecule has 2 aliphatic rings. The Kier molecular flexibility index (Phi) is 19.3. The second kappa shape index (κ2) is 24.8. The van der Waals surface area contributed by atoms with Crippen molar-refractivity contribution in [2.24, 2.45) is 17.8 Å². The van der Waals surface area contributed by atoms with Gasteiger partial charge in [-0.1, -0.05) is 114 Å². The van der Waals surface area contributed by atoms with E-state index in [4.69, 9.17) is 4.74 Å². The molecule has 8 atom stereocenters. The molecular weight excluding hydrogens is 837 g/mol. The Morgan fingerprint density at radius 3 is 1.86 bits per heavy atom. The molecule has 358 valence electrons. The summed E-state index contributed by atoms with van der Waals surface area (Å²) in [5, 5.41) is 27.6. The molecule has 0 spiro atoms. The standard InChI is InChI=1S/C52H72N6O8/c1-33(2)27-43(56-46(60)34(3)54-49(63)44(29-35-15-9-7-10-16-35)57-47(61)38-22-24-40(25-23-38)52(4,5)6)50(64)55-41(19-13-14-26-53-42-30-37-20-21-39(42)28-37)48(62)58-45(31-59)51(65)66-32-36-17-11-8-12-18-36/h7-12,15-18,22-25,33-34,37,39,41-45,53,59H,13-14,19-21,26-32H2,1-6H3,(H,54,63)(H,55,64)(H,56,60)(H,57,61)(H,58,62)/t34-,37?,39?,41-,42?,43-,44-,45-/m0/s1. The molecule has 2 aliphatic carbocycles. The molecule has 2 saturated carbocycles. The molecule has 66 heavy (non-hydrogen) atoms. The van der Waals surface area contributed by atoms with Gasteiger partial charge in [0.2, 0.25) is 23.6 Å². The molecule has 0 saturated heterocycles. The summed E-state index contributed by atoms with van der Waals surface area (Å²) in [5.74, 6) is -2.32. The van der Waals surface area contributed by atoms with Crippen LogP contribution in [-0.4, -0.2) is 90.0 Å². The summed E-state index contributed by atoms with van der Waals surface area (Å²) < 4.78 is 5.39. The number of ether oxygens (including phenoxy) is 1. The molecule has 14 nitrogen and oxygen atoms in total. The normalized spacial score (nSPS) is 18.9. The Hall–Kier alpha value is -5.60. The second-order valence-corrected chi connectivity index (χ2v) is 19.6. The van der Waals surface area contributed by atoms with E-state index in [0.29, 0.717) is 23.9 Å². The summed E-state index contributed by atoms with van der Waals surface area (Å²) >= 11 is 0. The smallest absolute Gasteiger partial charge is 0.331 e. The highest BCUT2D eigenvalue weighted by atomic mass is 16.5. The largest absolute Gasteiger partial charge is 0.459 e. The van der Waals surface area contributed by atoms with Gasteiger partial charge in [-0.25, -0.2) is 4.79 Å². The predicted molar refractivity (Wildman–Crippen MR) is 254 cm³/mol. The summed E-state index contributed by atoms with van der Waals surface area (Å²) in [6.45, 7) is 11.5. The molecular formula is C52H72N6O8. The van der Waals surface area contributed by atoms with E-state index in [1.165, 1.54) is 32.6 Å². The lowest BCUT2D eigenvalue weighted by Gasteiger charge is -2.27. The number of aliphatic hydroxyl groups excluding tert-OH is 1. The van der Waals surface area contributed by atoms with Gasteiger partial charge in [0.1, 0.15) is 30.8 Å². The van der Waals surface area contributed by atoms with Crippen LogP contribution in [0.2, 0.25) is 0 Å². The predicted octanol–water partition coefficient (Wildman–Crippen LogP) is 5.01. The van der Waals surface area contributed by atoms with Gasteiger partial charge in [-0.15, -0.1) is 0 Å². The highest BCUT2D eigenvalue weighted by Gasteiger charge is 2.39. The van der Waals surface area contributed by atoms with Crippen LogP contribution in [0.25, 0.3) is 0 Å². The molecule has 3 aromatic carbocycles. The SMILES string of the molecule is CC(C)C[C@H](NC(=O)[C@H](C)NC(=O)[C@H](Cc1ccccc1)NC(=O)c1ccc(C(C)(C)C)cc1)C(=O)N[C@@H](CCCCNC1CC2CCC1C2)C(=O)N[C@@H](CO)C(=O)OCc1ccccc1. The number of nitrogens with one attached hydrogen (secondary N) is 6. The van der Waals surface area contributed by atoms with Crippen molar-refractivity contribution in [2.45, 2.75) is 148 Å². The summed E-state index contributed by atoms with van der Waals surface area (Å²) in [4.78, 5) is 82.1. The third-order valence-corrected chi connectivity index (χ3v) is 12.7. The Labute approximate surface area is 390 Å². The minimum atomic E-state index is -1.37. The zero-order chi connectivity index (χ0) is 47.8. The summed E-state index contributed by atoms with van der Waals surface area (Å²) in [6.07, 6.45) is 6.97. The molecule has 0 aliphatic heterocycles. The van der Waals surface area contributed by atoms with E-state index in [0.717, 1.165) is 35.6 Å². The first-order valence-electron chi connectivity index (χ1n) is 23.7. The van der Waals surface area contributed by atoms with Gasteiger partial charge in [0.25, 0.3) is 5.91 Å². The number of esters is 1. The number of fused-ring (bicyclic) bond motifs is 2. The molecule has 2 bridgehead atoms. The molecule has 0 radical (unpaired) electrons. The van der Waals surface area contributed by atoms with Crippen molar-refractivity contribution in [1.29, 1.82) is 0 Å². The maximum absolute atomic E-state index is 14.1. The minimum Gasteiger partial charge on any atom is -0.459 e. The number of carbonyl (C=O) groups excluding carboxylic acids is 6. The number of rotatable bonds is 24. The number of amides is 5. The monoisotopic (exact) mass is 909 g/mol. The molecule has 5 rings (SSSR count). The highest BCUT2D eigenvalue weighted by molar-refractivity contribution is 5.99. The number of hydrogen-bond acceptors (Lipinski definition) is 9. The third-order valence-electron chi connectivity index (χ3n) is 12.7. The van der Waals surface area contributed by atoms with Gasteiger partial charge in [-0.3, -0.25) is 24.0 Å². The van der Waals surface area contributed by atoms with E-state index in [9.17, 15) is 33.9 Å². The van der Waals surface area contributed by atoms with E-state index in [-0.39, 0.29) is 37.2 Å². The van der Waals surface area contributed by atoms with E-state index in [2.05, 4.69) is 52.7 Å². The molecule has 0 aromatic heterocycles. The Bertz CT molecular complexity index is 2060. The fourth-order valence-corrected chi connectivity index (χ4v) is 8.88. The average Bonchev–Trinajstić information content (AvgIpc) is 3.93. The Morgan fingerprint density at radius 1 is 0.667 bits per heavy atom. The summed E-state index contributed by atoms with van der Waals surface area (Å²) in [5.41, 5.74) is 2.87. The fraction of sp³-hybridized carbons (Fsp3) is 0.538. The van der Waals surface area contributed by atoms with Gasteiger partial charge in [-0.05, 0) is 110 Å². The molecule has 5 amide bonds. The molecule has 0 heterocycles. The maximum atomic E-state index is 14.1. The van der Waals surface area contributed by atoms with Crippen LogP contribution in [0.15, 0.2) is 84.9 Å². The van der Waals surface area contributed by atoms with Crippen LogP contribution in [0.1, 0.15) is 120 Å². The Morgan fingerprint density at radius 2 is 1.27 bits per heavy atom. The molecule has 3 unspecified atom stereocenters. The molecule has 3 aromatic rings. The van der Waals surface area contributed by atoms with Crippen molar-refractivity contribution in [3.8, 4) is 0 Å². The van der Waals surface area contributed by atoms with Crippen molar-refractivity contribution in [3.63, 3.8) is 0 Å². The summed E-state index contributed by atoms with van der Waals surface area (Å²) in [6, 6.07) is 20.3. The fourth-order valence-electron chi connectivity index (χ4n) is 8.88. The van der Waals surface area contributed by atoms with E-state index in [1.807, 2.05) is 62.4 Å². The van der Waals surface area contributed by atoms with Crippen molar-refractivity contribution in [2.75, 3.05) is 13.2 Å². The number of carbonyl (C=O) groups is 6. The quantitative estimate of drug-likeness (QED) is 0.0476. The van der Waals surface area contributed by atoms with Crippen LogP contribution in [0.4, 0.5) is 0 Å². The number of hydrogen-bond donors (Lipinski definition) is 7. The first-order valence-corrected chi connectivity index (χ1v) is 23.7. The third kappa shape index (κ3) is 15.8. The van der Waals surface area contributed by atoms with Crippen molar-refractivity contribution >= 4 is 35.5 Å². The van der Waals surface area contributed by atoms with Crippen molar-refractivity contribution in [3.05, 3.63) is 107 Å². The van der Waals surface area contributed by atoms with Crippen LogP contribution in [-0.2, 0) is 47.2 Å². The van der Waals surface area contributed by atoms with Gasteiger partial charge < -0.3 is 41.7 Å². The van der Waals surface area contributed by atoms with Crippen LogP contribution < -0.4 is 31.9 Å². The van der Waals surface area contributed by atoms with Gasteiger partial charge in [-0.2, -0.15) is 0 Å². The van der Waals surface area contributed by atoms with Crippen LogP contribution in [0.5, 0.6) is 0 Å². The van der Waals surface area contributed by atoms with Gasteiger partial charge in [0, 0.05) is 18.0 Å². The van der Waals surface area contributed by atoms with E-state index < -0.39 is 72.3 Å². The van der Waals surface area contributed by atoms with Crippen LogP contribution in [0, 0.1) is 17.8 Å². The van der Waals surface area contributed by atoms with Crippen molar-refractivity contribution < 1.29 is 38.6 Å². The average molecular weight is 909 g/mol. The topological polar surface area (TPSA) is 204 Å². The van der Waals surface area contributed by atoms with E-state index >= 15 is 0 Å². The first-order chi connectivity index (χ1) is 31.5. The zero-order valence-corrected chi connectivity index (χ0v) is 39.6. The molecule has 7 N–H and O–H groups in total. The van der Waals surface area contributed by atoms with Crippen molar-refractivity contribution in [1.82, 2.24) is 31.9 Å². The lowest BCUT2D eigenvalue weighted by Crippen LogP contribution is -2.59. The molecule has 2 fully saturated rings. The van der Waals surface area contributed by atoms with E-state index in [1.54, 1.807) is 36.4 Å². The van der Waals surface area contributed by atoms with Gasteiger partial charge >= 0.3 is 5.97 Å². The lowest BCUT2D eigenvalue weighted by molar-refractivity contribution is -0.150. The highest BCUT2D eigenvalue weighted by Crippen LogP contribution is 2.44. The van der Waals surface area contributed by atoms with Gasteiger partial charge in [0.15, 0.2) is 6.04 Å². The zero-order valence-electron chi connectivity index (χ0n) is 39.6. The number of unbranched alkanes of at least 4 members (excludes halogenated alkanes) is 1. The summed E-state index contributed by atoms with van der Waals surface area (Å²) in [7, 11) is 0. The maximum Gasteiger partial charge on any atom is 0.331 e. The lowest BCUT2D eigenvalue weighted by atomic mass is 9.86. The minimum absolute atomic E-state index is 0.0498.